The highest BCUT2D eigenvalue weighted by Gasteiger charge is 2.34. The summed E-state index contributed by atoms with van der Waals surface area (Å²) in [6.07, 6.45) is 0. The molecule has 0 spiro atoms. The van der Waals surface area contributed by atoms with Gasteiger partial charge in [-0.15, -0.1) is 11.3 Å². The second-order valence-corrected chi connectivity index (χ2v) is 14.3. The number of methoxy groups -OCH3 is 1. The summed E-state index contributed by atoms with van der Waals surface area (Å²) in [5.41, 5.74) is 8.34. The van der Waals surface area contributed by atoms with Crippen molar-refractivity contribution in [3.8, 4) is 22.3 Å². The predicted octanol–water partition coefficient (Wildman–Crippen LogP) is 12.3. The van der Waals surface area contributed by atoms with E-state index in [0.29, 0.717) is 0 Å². The number of fused-ring (bicyclic) bond motifs is 3. The molecule has 0 amide bonds. The smallest absolute Gasteiger partial charge is 0.0902 e. The lowest BCUT2D eigenvalue weighted by Crippen LogP contribution is -2.46. The Bertz CT molecular complexity index is 2120. The van der Waals surface area contributed by atoms with Crippen LogP contribution in [0.4, 0.5) is 17.1 Å². The van der Waals surface area contributed by atoms with Gasteiger partial charge in [0.15, 0.2) is 0 Å². The van der Waals surface area contributed by atoms with Crippen LogP contribution in [0.2, 0.25) is 0 Å². The van der Waals surface area contributed by atoms with Crippen LogP contribution in [0.3, 0.4) is 0 Å². The van der Waals surface area contributed by atoms with Crippen LogP contribution in [-0.4, -0.2) is 23.4 Å². The van der Waals surface area contributed by atoms with Crippen molar-refractivity contribution in [2.24, 2.45) is 0 Å². The molecule has 0 aliphatic carbocycles. The normalized spacial score (nSPS) is 11.7. The van der Waals surface area contributed by atoms with E-state index < -0.39 is 11.2 Å². The molecule has 0 bridgehead atoms. The van der Waals surface area contributed by atoms with Gasteiger partial charge in [0.2, 0.25) is 0 Å². The molecule has 0 atom stereocenters. The number of anilines is 3. The van der Waals surface area contributed by atoms with E-state index in [1.54, 1.807) is 21.0 Å². The highest BCUT2D eigenvalue weighted by molar-refractivity contribution is 7.25. The molecule has 7 aromatic rings. The third-order valence-corrected chi connectivity index (χ3v) is 10.5. The quantitative estimate of drug-likeness (QED) is 0.186. The summed E-state index contributed by atoms with van der Waals surface area (Å²) < 4.78 is 7.73. The van der Waals surface area contributed by atoms with Crippen LogP contribution in [0, 0.1) is 6.92 Å². The number of aryl methyl sites for hydroxylation is 1. The first-order chi connectivity index (χ1) is 23.0. The molecule has 0 aliphatic rings. The molecule has 3 nitrogen and oxygen atoms in total. The van der Waals surface area contributed by atoms with Crippen LogP contribution in [0.5, 0.6) is 0 Å². The van der Waals surface area contributed by atoms with Gasteiger partial charge < -0.3 is 14.7 Å². The van der Waals surface area contributed by atoms with Gasteiger partial charge in [0.1, 0.15) is 0 Å². The van der Waals surface area contributed by atoms with Gasteiger partial charge in [0.25, 0.3) is 0 Å². The molecule has 0 radical (unpaired) electrons. The average molecular weight is 650 g/mol. The van der Waals surface area contributed by atoms with Gasteiger partial charge in [-0.2, -0.15) is 0 Å². The van der Waals surface area contributed by atoms with Gasteiger partial charge in [0.05, 0.1) is 11.2 Å². The summed E-state index contributed by atoms with van der Waals surface area (Å²) in [6.45, 7) is 9.32. The molecule has 4 heteroatoms. The number of hydrogen-bond donors (Lipinski definition) is 1. The molecule has 0 saturated heterocycles. The molecule has 1 N–H and O–H groups in total. The van der Waals surface area contributed by atoms with Crippen molar-refractivity contribution in [1.82, 2.24) is 0 Å². The number of hydrogen-bond acceptors (Lipinski definition) is 4. The Kier molecular flexibility index (Phi) is 9.52. The van der Waals surface area contributed by atoms with Crippen molar-refractivity contribution >= 4 is 48.6 Å². The zero-order valence-electron chi connectivity index (χ0n) is 28.6. The minimum Gasteiger partial charge on any atom is -0.387 e. The zero-order valence-corrected chi connectivity index (χ0v) is 29.4. The maximum atomic E-state index is 9.42. The predicted molar refractivity (Wildman–Crippen MR) is 207 cm³/mol. The lowest BCUT2D eigenvalue weighted by atomic mass is 9.90. The number of thiophene rings is 1. The van der Waals surface area contributed by atoms with Gasteiger partial charge in [-0.25, -0.2) is 0 Å². The Labute approximate surface area is 288 Å². The molecule has 48 heavy (non-hydrogen) atoms. The molecule has 1 aromatic heterocycles. The van der Waals surface area contributed by atoms with E-state index in [-0.39, 0.29) is 0 Å². The summed E-state index contributed by atoms with van der Waals surface area (Å²) in [4.78, 5) is 2.33. The molecular weight excluding hydrogens is 607 g/mol. The van der Waals surface area contributed by atoms with E-state index in [1.807, 2.05) is 25.2 Å². The summed E-state index contributed by atoms with van der Waals surface area (Å²) in [5, 5.41) is 12.1. The number of nitrogens with zero attached hydrogens (tertiary/aromatic N) is 1. The van der Waals surface area contributed by atoms with E-state index in [2.05, 4.69) is 157 Å². The molecule has 242 valence electrons. The van der Waals surface area contributed by atoms with E-state index in [1.165, 1.54) is 48.0 Å². The lowest BCUT2D eigenvalue weighted by molar-refractivity contribution is -0.129. The van der Waals surface area contributed by atoms with E-state index in [4.69, 9.17) is 4.74 Å². The number of ether oxygens (including phenoxy) is 1. The summed E-state index contributed by atoms with van der Waals surface area (Å²) >= 11 is 1.86. The third kappa shape index (κ3) is 7.07. The number of rotatable bonds is 7. The molecule has 0 fully saturated rings. The molecule has 0 aliphatic heterocycles. The molecule has 0 saturated carbocycles. The minimum atomic E-state index is -0.776. The first-order valence-corrected chi connectivity index (χ1v) is 17.2. The van der Waals surface area contributed by atoms with Crippen molar-refractivity contribution in [1.29, 1.82) is 0 Å². The SMILES string of the molecule is COC(C)(C)C(C)(C)O.Cc1cccc(N(c2ccc(-c3ccccc3)cc2)c2ccc(-c3ccc4sc5ccccc5c4c3)cc2)c1. The second-order valence-electron chi connectivity index (χ2n) is 13.2. The van der Waals surface area contributed by atoms with E-state index in [0.717, 1.165) is 17.1 Å². The molecule has 6 aromatic carbocycles. The van der Waals surface area contributed by atoms with Crippen molar-refractivity contribution in [3.05, 3.63) is 151 Å². The van der Waals surface area contributed by atoms with E-state index >= 15 is 0 Å². The van der Waals surface area contributed by atoms with Gasteiger partial charge in [-0.3, -0.25) is 0 Å². The van der Waals surface area contributed by atoms with Crippen LogP contribution >= 0.6 is 11.3 Å². The number of aliphatic hydroxyl groups is 1. The van der Waals surface area contributed by atoms with Gasteiger partial charge in [-0.1, -0.05) is 91.0 Å². The maximum absolute atomic E-state index is 9.42. The van der Waals surface area contributed by atoms with Crippen LogP contribution < -0.4 is 4.90 Å². The first-order valence-electron chi connectivity index (χ1n) is 16.4. The molecule has 0 unspecified atom stereocenters. The fourth-order valence-electron chi connectivity index (χ4n) is 5.61. The van der Waals surface area contributed by atoms with Gasteiger partial charge in [0, 0.05) is 44.3 Å². The highest BCUT2D eigenvalue weighted by Crippen LogP contribution is 2.39. The van der Waals surface area contributed by atoms with Crippen molar-refractivity contribution in [3.63, 3.8) is 0 Å². The topological polar surface area (TPSA) is 32.7 Å². The molecule has 7 rings (SSSR count). The van der Waals surface area contributed by atoms with Crippen molar-refractivity contribution in [2.75, 3.05) is 12.0 Å². The van der Waals surface area contributed by atoms with Crippen LogP contribution in [0.15, 0.2) is 146 Å². The van der Waals surface area contributed by atoms with Crippen LogP contribution in [-0.2, 0) is 4.74 Å². The third-order valence-electron chi connectivity index (χ3n) is 9.31. The van der Waals surface area contributed by atoms with Crippen LogP contribution in [0.25, 0.3) is 42.4 Å². The summed E-state index contributed by atoms with van der Waals surface area (Å²) in [6, 6.07) is 52.6. The fourth-order valence-corrected chi connectivity index (χ4v) is 6.69. The Hall–Kier alpha value is -4.74. The second kappa shape index (κ2) is 13.8. The Balaban J connectivity index is 0.000000394. The standard InChI is InChI=1S/C37H27NS.C7H16O2/c1-26-8-7-11-33(24-26)38(31-19-14-28(15-20-31)27-9-3-2-4-10-27)32-21-16-29(17-22-32)30-18-23-37-35(25-30)34-12-5-6-13-36(34)39-37;1-6(2,8)7(3,4)9-5/h2-25H,1H3;8H,1-5H3. The van der Waals surface area contributed by atoms with Gasteiger partial charge >= 0.3 is 0 Å². The Morgan fingerprint density at radius 2 is 1.06 bits per heavy atom. The monoisotopic (exact) mass is 649 g/mol. The number of benzene rings is 6. The van der Waals surface area contributed by atoms with E-state index in [9.17, 15) is 5.11 Å². The average Bonchev–Trinajstić information content (AvgIpc) is 3.47. The Morgan fingerprint density at radius 3 is 1.65 bits per heavy atom. The highest BCUT2D eigenvalue weighted by atomic mass is 32.1. The first kappa shape index (κ1) is 33.2. The largest absolute Gasteiger partial charge is 0.387 e. The van der Waals surface area contributed by atoms with Crippen molar-refractivity contribution < 1.29 is 9.84 Å². The summed E-state index contributed by atoms with van der Waals surface area (Å²) in [5.74, 6) is 0. The van der Waals surface area contributed by atoms with Crippen LogP contribution in [0.1, 0.15) is 33.3 Å². The molecular formula is C44H43NO2S. The zero-order chi connectivity index (χ0) is 33.9. The van der Waals surface area contributed by atoms with Gasteiger partial charge in [-0.05, 0) is 117 Å². The molecule has 1 heterocycles. The minimum absolute atomic E-state index is 0.465. The Morgan fingerprint density at radius 1 is 0.521 bits per heavy atom. The lowest BCUT2D eigenvalue weighted by Gasteiger charge is -2.35. The summed E-state index contributed by atoms with van der Waals surface area (Å²) in [7, 11) is 1.60. The maximum Gasteiger partial charge on any atom is 0.0902 e. The van der Waals surface area contributed by atoms with Crippen molar-refractivity contribution in [2.45, 2.75) is 45.8 Å². The fraction of sp³-hybridized carbons (Fsp3) is 0.182.